The van der Waals surface area contributed by atoms with Gasteiger partial charge in [-0.05, 0) is 35.9 Å². The van der Waals surface area contributed by atoms with Gasteiger partial charge in [-0.15, -0.1) is 0 Å². The highest BCUT2D eigenvalue weighted by Crippen LogP contribution is 2.18. The molecule has 0 saturated carbocycles. The molecule has 0 aromatic heterocycles. The van der Waals surface area contributed by atoms with Crippen molar-refractivity contribution in [2.75, 3.05) is 13.2 Å². The van der Waals surface area contributed by atoms with Gasteiger partial charge in [0.25, 0.3) is 11.8 Å². The van der Waals surface area contributed by atoms with Crippen molar-refractivity contribution in [3.63, 3.8) is 0 Å². The summed E-state index contributed by atoms with van der Waals surface area (Å²) in [6, 6.07) is 12.2. The van der Waals surface area contributed by atoms with Crippen LogP contribution in [0.5, 0.6) is 11.5 Å². The Kier molecular flexibility index (Phi) is 6.43. The summed E-state index contributed by atoms with van der Waals surface area (Å²) in [5.74, 6) is -1.68. The number of para-hydroxylation sites is 1. The first-order chi connectivity index (χ1) is 14.4. The molecule has 3 rings (SSSR count). The predicted octanol–water partition coefficient (Wildman–Crippen LogP) is 1.98. The minimum Gasteiger partial charge on any atom is -0.493 e. The van der Waals surface area contributed by atoms with Crippen LogP contribution in [-0.4, -0.2) is 42.1 Å². The molecule has 1 fully saturated rings. The lowest BCUT2D eigenvalue weighted by Gasteiger charge is -2.14. The van der Waals surface area contributed by atoms with Gasteiger partial charge in [0.1, 0.15) is 22.6 Å². The zero-order valence-corrected chi connectivity index (χ0v) is 15.7. The number of ether oxygens (including phenoxy) is 2. The van der Waals surface area contributed by atoms with Gasteiger partial charge in [-0.25, -0.2) is 9.59 Å². The summed E-state index contributed by atoms with van der Waals surface area (Å²) in [7, 11) is 0. The van der Waals surface area contributed by atoms with Gasteiger partial charge in [-0.3, -0.25) is 20.2 Å². The molecule has 0 spiro atoms. The van der Waals surface area contributed by atoms with Crippen LogP contribution in [0.2, 0.25) is 0 Å². The fourth-order valence-electron chi connectivity index (χ4n) is 2.63. The zero-order valence-electron chi connectivity index (χ0n) is 15.7. The summed E-state index contributed by atoms with van der Waals surface area (Å²) in [5, 5.41) is 13.1. The van der Waals surface area contributed by atoms with Gasteiger partial charge < -0.3 is 14.6 Å². The SMILES string of the molecule is O=C1NC(=O)C(=Cc2ccc(OCCCOc3ccccc3C(=O)O)cc2)C(=O)N1. The maximum absolute atomic E-state index is 11.7. The minimum atomic E-state index is -1.05. The van der Waals surface area contributed by atoms with E-state index in [-0.39, 0.29) is 17.7 Å². The first-order valence-corrected chi connectivity index (χ1v) is 9.00. The van der Waals surface area contributed by atoms with Crippen molar-refractivity contribution in [2.45, 2.75) is 6.42 Å². The fourth-order valence-corrected chi connectivity index (χ4v) is 2.63. The lowest BCUT2D eigenvalue weighted by molar-refractivity contribution is -0.123. The molecule has 4 amide bonds. The fraction of sp³-hybridized carbons (Fsp3) is 0.143. The van der Waals surface area contributed by atoms with Gasteiger partial charge in [-0.2, -0.15) is 0 Å². The van der Waals surface area contributed by atoms with Crippen LogP contribution >= 0.6 is 0 Å². The van der Waals surface area contributed by atoms with E-state index >= 15 is 0 Å². The lowest BCUT2D eigenvalue weighted by Crippen LogP contribution is -2.51. The van der Waals surface area contributed by atoms with Crippen molar-refractivity contribution in [3.8, 4) is 11.5 Å². The number of amides is 4. The Morgan fingerprint density at radius 3 is 2.20 bits per heavy atom. The van der Waals surface area contributed by atoms with Gasteiger partial charge in [0.05, 0.1) is 13.2 Å². The standard InChI is InChI=1S/C21H18N2O7/c24-18-16(19(25)23-21(28)22-18)12-13-6-8-14(9-7-13)29-10-3-11-30-17-5-2-1-4-15(17)20(26)27/h1-2,4-9,12H,3,10-11H2,(H,26,27)(H2,22,23,24,25,28). The number of imide groups is 2. The molecule has 1 saturated heterocycles. The minimum absolute atomic E-state index is 0.104. The number of carboxylic acid groups (broad SMARTS) is 1. The zero-order chi connectivity index (χ0) is 21.5. The van der Waals surface area contributed by atoms with Gasteiger partial charge in [-0.1, -0.05) is 24.3 Å². The van der Waals surface area contributed by atoms with Crippen molar-refractivity contribution in [1.82, 2.24) is 10.6 Å². The number of carboxylic acids is 1. The Balaban J connectivity index is 1.48. The van der Waals surface area contributed by atoms with E-state index in [2.05, 4.69) is 0 Å². The lowest BCUT2D eigenvalue weighted by atomic mass is 10.1. The molecule has 1 heterocycles. The second-order valence-corrected chi connectivity index (χ2v) is 6.22. The molecule has 0 atom stereocenters. The Hall–Kier alpha value is -4.14. The van der Waals surface area contributed by atoms with E-state index in [1.807, 2.05) is 10.6 Å². The summed E-state index contributed by atoms with van der Waals surface area (Å²) in [4.78, 5) is 45.6. The predicted molar refractivity (Wildman–Crippen MR) is 105 cm³/mol. The largest absolute Gasteiger partial charge is 0.493 e. The first-order valence-electron chi connectivity index (χ1n) is 9.00. The molecule has 0 bridgehead atoms. The molecule has 0 aliphatic carbocycles. The molecule has 9 heteroatoms. The van der Waals surface area contributed by atoms with Crippen LogP contribution in [0.25, 0.3) is 6.08 Å². The van der Waals surface area contributed by atoms with Crippen molar-refractivity contribution >= 4 is 29.9 Å². The summed E-state index contributed by atoms with van der Waals surface area (Å²) >= 11 is 0. The molecule has 1 aliphatic rings. The third kappa shape index (κ3) is 5.22. The molecular weight excluding hydrogens is 392 g/mol. The highest BCUT2D eigenvalue weighted by Gasteiger charge is 2.27. The monoisotopic (exact) mass is 410 g/mol. The van der Waals surface area contributed by atoms with E-state index in [0.29, 0.717) is 30.1 Å². The van der Waals surface area contributed by atoms with Gasteiger partial charge in [0, 0.05) is 6.42 Å². The number of carbonyl (C=O) groups excluding carboxylic acids is 3. The van der Waals surface area contributed by atoms with Crippen LogP contribution in [0.1, 0.15) is 22.3 Å². The normalized spacial score (nSPS) is 13.3. The van der Waals surface area contributed by atoms with E-state index in [1.54, 1.807) is 42.5 Å². The van der Waals surface area contributed by atoms with Crippen molar-refractivity contribution < 1.29 is 33.8 Å². The van der Waals surface area contributed by atoms with Crippen LogP contribution in [0.3, 0.4) is 0 Å². The second-order valence-electron chi connectivity index (χ2n) is 6.22. The van der Waals surface area contributed by atoms with Crippen molar-refractivity contribution in [1.29, 1.82) is 0 Å². The smallest absolute Gasteiger partial charge is 0.339 e. The van der Waals surface area contributed by atoms with Crippen molar-refractivity contribution in [3.05, 3.63) is 65.2 Å². The Labute approximate surface area is 171 Å². The Morgan fingerprint density at radius 2 is 1.53 bits per heavy atom. The number of nitrogens with one attached hydrogen (secondary N) is 2. The van der Waals surface area contributed by atoms with Gasteiger partial charge >= 0.3 is 12.0 Å². The van der Waals surface area contributed by atoms with Crippen molar-refractivity contribution in [2.24, 2.45) is 0 Å². The first kappa shape index (κ1) is 20.6. The van der Waals surface area contributed by atoms with Crippen LogP contribution < -0.4 is 20.1 Å². The second kappa shape index (κ2) is 9.37. The van der Waals surface area contributed by atoms with Crippen LogP contribution in [0.4, 0.5) is 4.79 Å². The Bertz CT molecular complexity index is 990. The summed E-state index contributed by atoms with van der Waals surface area (Å²) < 4.78 is 11.1. The molecule has 30 heavy (non-hydrogen) atoms. The van der Waals surface area contributed by atoms with Crippen LogP contribution in [0.15, 0.2) is 54.1 Å². The maximum Gasteiger partial charge on any atom is 0.339 e. The maximum atomic E-state index is 11.7. The molecule has 3 N–H and O–H groups in total. The molecular formula is C21H18N2O7. The third-order valence-corrected chi connectivity index (χ3v) is 4.07. The molecule has 9 nitrogen and oxygen atoms in total. The van der Waals surface area contributed by atoms with Crippen LogP contribution in [0, 0.1) is 0 Å². The summed E-state index contributed by atoms with van der Waals surface area (Å²) in [6.07, 6.45) is 1.91. The van der Waals surface area contributed by atoms with E-state index in [1.165, 1.54) is 12.1 Å². The quantitative estimate of drug-likeness (QED) is 0.344. The molecule has 2 aromatic rings. The topological polar surface area (TPSA) is 131 Å². The number of urea groups is 1. The summed E-state index contributed by atoms with van der Waals surface area (Å²) in [6.45, 7) is 0.639. The molecule has 154 valence electrons. The van der Waals surface area contributed by atoms with Gasteiger partial charge in [0.15, 0.2) is 0 Å². The molecule has 2 aromatic carbocycles. The average molecular weight is 410 g/mol. The van der Waals surface area contributed by atoms with E-state index in [9.17, 15) is 19.2 Å². The highest BCUT2D eigenvalue weighted by atomic mass is 16.5. The number of hydrogen-bond donors (Lipinski definition) is 3. The van der Waals surface area contributed by atoms with E-state index < -0.39 is 23.8 Å². The van der Waals surface area contributed by atoms with E-state index in [4.69, 9.17) is 14.6 Å². The summed E-state index contributed by atoms with van der Waals surface area (Å²) in [5.41, 5.74) is 0.528. The number of benzene rings is 2. The number of barbiturate groups is 1. The number of rotatable bonds is 8. The third-order valence-electron chi connectivity index (χ3n) is 4.07. The van der Waals surface area contributed by atoms with E-state index in [0.717, 1.165) is 0 Å². The number of aromatic carboxylic acids is 1. The highest BCUT2D eigenvalue weighted by molar-refractivity contribution is 6.31. The molecule has 0 unspecified atom stereocenters. The molecule has 1 aliphatic heterocycles. The van der Waals surface area contributed by atoms with Gasteiger partial charge in [0.2, 0.25) is 0 Å². The van der Waals surface area contributed by atoms with Crippen LogP contribution in [-0.2, 0) is 9.59 Å². The molecule has 0 radical (unpaired) electrons. The Morgan fingerprint density at radius 1 is 0.900 bits per heavy atom. The average Bonchev–Trinajstić information content (AvgIpc) is 2.71. The number of carbonyl (C=O) groups is 4. The number of hydrogen-bond acceptors (Lipinski definition) is 6.